The number of rotatable bonds is 7. The Balaban J connectivity index is 1.37. The Labute approximate surface area is 460 Å². The van der Waals surface area contributed by atoms with Crippen LogP contribution >= 0.6 is 0 Å². The van der Waals surface area contributed by atoms with E-state index in [1.807, 2.05) is 0 Å². The third-order valence-electron chi connectivity index (χ3n) is 18.5. The third-order valence-corrected chi connectivity index (χ3v) is 18.5. The molecule has 0 fully saturated rings. The van der Waals surface area contributed by atoms with Crippen LogP contribution in [0.3, 0.4) is 0 Å². The zero-order chi connectivity index (χ0) is 54.0. The minimum absolute atomic E-state index is 0.570. The molecule has 3 aromatic heterocycles. The lowest BCUT2D eigenvalue weighted by Gasteiger charge is -2.23. The first-order valence-electron chi connectivity index (χ1n) is 26.5. The van der Waals surface area contributed by atoms with Gasteiger partial charge < -0.3 is 4.57 Å². The van der Waals surface area contributed by atoms with E-state index in [-0.39, 0.29) is 0 Å². The number of fused-ring (bicyclic) bond motifs is 3. The molecule has 10 rings (SSSR count). The second kappa shape index (κ2) is 19.3. The Morgan fingerprint density at radius 2 is 0.507 bits per heavy atom. The molecule has 0 bridgehead atoms. The molecule has 0 saturated heterocycles. The van der Waals surface area contributed by atoms with Crippen LogP contribution in [-0.4, -0.2) is 191 Å². The van der Waals surface area contributed by atoms with E-state index in [0.29, 0.717) is 34.9 Å². The highest BCUT2D eigenvalue weighted by Gasteiger charge is 2.27. The fraction of sp³-hybridized carbons (Fsp3) is 0. The van der Waals surface area contributed by atoms with Crippen molar-refractivity contribution in [2.75, 3.05) is 0 Å². The summed E-state index contributed by atoms with van der Waals surface area (Å²) in [4.78, 5) is 33.4. The van der Waals surface area contributed by atoms with Gasteiger partial charge in [0.2, 0.25) is 0 Å². The largest absolute Gasteiger partial charge is 0.309 e. The Kier molecular flexibility index (Phi) is 13.4. The first kappa shape index (κ1) is 52.1. The van der Waals surface area contributed by atoms with Crippen LogP contribution in [0, 0.1) is 0 Å². The maximum absolute atomic E-state index is 5.66. The molecule has 0 unspecified atom stereocenters. The molecule has 0 aliphatic heterocycles. The second-order valence-electron chi connectivity index (χ2n) is 21.7. The minimum Gasteiger partial charge on any atom is -0.309 e. The van der Waals surface area contributed by atoms with Crippen molar-refractivity contribution in [3.63, 3.8) is 0 Å². The van der Waals surface area contributed by atoms with E-state index in [1.54, 1.807) is 0 Å². The summed E-state index contributed by atoms with van der Waals surface area (Å²) in [6.07, 6.45) is 0. The maximum atomic E-state index is 5.66. The van der Waals surface area contributed by atoms with Gasteiger partial charge in [0.05, 0.1) is 16.7 Å². The molecule has 10 aromatic rings. The standard InChI is InChI=1S/C48H51B20N7/c49-23-19(24(50)32(58)39(65)31(23)57)45-69-43(70-46(73-45)20-25(51)33(59)40(66)34(60)26(20)52)12-9-10-18(75-16-7-3-1-5-13(16)14-6-2-4-8-17(14)75)15(11-12)44-71-47(21-27(53)35(61)41(67)36(62)28(21)54)74-48(72-44)22-29(55)37(63)42(68)38(64)30(22)56/h1-11H,49-68H2. The van der Waals surface area contributed by atoms with Crippen molar-refractivity contribution in [3.8, 4) is 74.0 Å². The van der Waals surface area contributed by atoms with Crippen molar-refractivity contribution < 1.29 is 0 Å². The minimum atomic E-state index is 0.570. The van der Waals surface area contributed by atoms with Crippen LogP contribution in [0.1, 0.15) is 0 Å². The summed E-state index contributed by atoms with van der Waals surface area (Å²) in [7, 11) is 44.3. The van der Waals surface area contributed by atoms with Gasteiger partial charge in [-0.25, -0.2) is 29.9 Å². The summed E-state index contributed by atoms with van der Waals surface area (Å²) < 4.78 is 2.37. The van der Waals surface area contributed by atoms with Crippen LogP contribution in [-0.2, 0) is 0 Å². The zero-order valence-electron chi connectivity index (χ0n) is 48.0. The number of para-hydroxylation sites is 2. The number of nitrogens with zero attached hydrogens (tertiary/aromatic N) is 7. The van der Waals surface area contributed by atoms with Crippen molar-refractivity contribution >= 4 is 288 Å². The lowest BCUT2D eigenvalue weighted by atomic mass is 9.60. The van der Waals surface area contributed by atoms with Crippen LogP contribution in [0.5, 0.6) is 0 Å². The molecule has 0 spiro atoms. The molecule has 27 heteroatoms. The highest BCUT2D eigenvalue weighted by Crippen LogP contribution is 2.38. The predicted octanol–water partition coefficient (Wildman–Crippen LogP) is -23.7. The average Bonchev–Trinajstić information content (AvgIpc) is 3.74. The van der Waals surface area contributed by atoms with Gasteiger partial charge in [-0.3, -0.25) is 0 Å². The SMILES string of the molecule is Bc1c(B)c(B)c(-c2nc(-c3ccc(-n4c5ccccc5c5ccccc54)c(-c4nc(-c5c(B)c(B)c(B)c(B)c5B)nc(-c5c(B)c(B)c(B)c(B)c5B)n4)c3)nc(-c3c(B)c(B)c(B)c(B)c3B)n2)c(B)c1B. The molecular formula is C48H51B20N7. The highest BCUT2D eigenvalue weighted by atomic mass is 15.1. The Morgan fingerprint density at radius 3 is 0.813 bits per heavy atom. The van der Waals surface area contributed by atoms with Gasteiger partial charge in [-0.1, -0.05) is 80.1 Å². The monoisotopic (exact) mass is 946 g/mol. The average molecular weight is 942 g/mol. The number of aromatic nitrogens is 7. The van der Waals surface area contributed by atoms with Crippen LogP contribution in [0.4, 0.5) is 0 Å². The molecule has 3 heterocycles. The lowest BCUT2D eigenvalue weighted by molar-refractivity contribution is 1.06. The molecule has 0 aliphatic carbocycles. The summed E-state index contributed by atoms with van der Waals surface area (Å²) in [6.45, 7) is 0. The molecule has 338 valence electrons. The molecule has 7 nitrogen and oxygen atoms in total. The van der Waals surface area contributed by atoms with Crippen molar-refractivity contribution in [2.45, 2.75) is 0 Å². The van der Waals surface area contributed by atoms with Crippen molar-refractivity contribution in [1.82, 2.24) is 34.5 Å². The smallest absolute Gasteiger partial charge is 0.166 e. The van der Waals surface area contributed by atoms with Crippen LogP contribution < -0.4 is 109 Å². The van der Waals surface area contributed by atoms with E-state index in [1.165, 1.54) is 120 Å². The molecular weight excluding hydrogens is 891 g/mol. The Hall–Kier alpha value is -6.34. The van der Waals surface area contributed by atoms with Gasteiger partial charge >= 0.3 is 0 Å². The number of hydrogen-bond donors (Lipinski definition) is 0. The maximum Gasteiger partial charge on any atom is 0.166 e. The molecule has 0 saturated carbocycles. The van der Waals surface area contributed by atoms with E-state index in [9.17, 15) is 0 Å². The number of benzene rings is 7. The van der Waals surface area contributed by atoms with Gasteiger partial charge in [-0.05, 0) is 30.3 Å². The van der Waals surface area contributed by atoms with E-state index < -0.39 is 0 Å². The molecule has 0 radical (unpaired) electrons. The molecule has 75 heavy (non-hydrogen) atoms. The van der Waals surface area contributed by atoms with Crippen molar-refractivity contribution in [1.29, 1.82) is 0 Å². The summed E-state index contributed by atoms with van der Waals surface area (Å²) >= 11 is 0. The molecule has 0 aliphatic rings. The fourth-order valence-electron chi connectivity index (χ4n) is 12.0. The highest BCUT2D eigenvalue weighted by molar-refractivity contribution is 6.72. The van der Waals surface area contributed by atoms with Gasteiger partial charge in [-0.15, -0.1) is 65.6 Å². The van der Waals surface area contributed by atoms with Crippen LogP contribution in [0.2, 0.25) is 0 Å². The van der Waals surface area contributed by atoms with E-state index in [0.717, 1.165) is 50.1 Å². The normalized spacial score (nSPS) is 11.5. The first-order chi connectivity index (χ1) is 35.5. The predicted molar refractivity (Wildman–Crippen MR) is 384 cm³/mol. The van der Waals surface area contributed by atoms with E-state index in [4.69, 9.17) is 29.9 Å². The van der Waals surface area contributed by atoms with Gasteiger partial charge in [-0.2, -0.15) is 0 Å². The topological polar surface area (TPSA) is 82.3 Å². The molecule has 7 aromatic carbocycles. The second-order valence-corrected chi connectivity index (χ2v) is 21.7. The van der Waals surface area contributed by atoms with Crippen molar-refractivity contribution in [2.24, 2.45) is 0 Å². The Morgan fingerprint density at radius 1 is 0.253 bits per heavy atom. The quantitative estimate of drug-likeness (QED) is 0.148. The summed E-state index contributed by atoms with van der Waals surface area (Å²) in [5, 5.41) is 2.34. The Bertz CT molecular complexity index is 3820. The zero-order valence-corrected chi connectivity index (χ0v) is 48.0. The van der Waals surface area contributed by atoms with E-state index in [2.05, 4.69) is 228 Å². The van der Waals surface area contributed by atoms with Crippen LogP contribution in [0.25, 0.3) is 95.8 Å². The molecule has 0 N–H and O–H groups in total. The van der Waals surface area contributed by atoms with Gasteiger partial charge in [0.25, 0.3) is 0 Å². The van der Waals surface area contributed by atoms with Gasteiger partial charge in [0, 0.05) is 44.2 Å². The van der Waals surface area contributed by atoms with Gasteiger partial charge in [0.1, 0.15) is 157 Å². The molecule has 0 atom stereocenters. The third kappa shape index (κ3) is 8.20. The van der Waals surface area contributed by atoms with Gasteiger partial charge in [0.15, 0.2) is 34.9 Å². The summed E-state index contributed by atoms with van der Waals surface area (Å²) in [6, 6.07) is 24.0. The fourth-order valence-corrected chi connectivity index (χ4v) is 12.0. The first-order valence-corrected chi connectivity index (χ1v) is 26.5. The molecule has 0 amide bonds. The summed E-state index contributed by atoms with van der Waals surface area (Å²) in [5.74, 6) is 3.78. The summed E-state index contributed by atoms with van der Waals surface area (Å²) in [5.41, 5.74) is 33.5. The number of hydrogen-bond acceptors (Lipinski definition) is 6. The lowest BCUT2D eigenvalue weighted by Crippen LogP contribution is -2.55. The van der Waals surface area contributed by atoms with Crippen LogP contribution in [0.15, 0.2) is 66.7 Å². The van der Waals surface area contributed by atoms with Crippen molar-refractivity contribution in [3.05, 3.63) is 66.7 Å². The van der Waals surface area contributed by atoms with E-state index >= 15 is 0 Å².